The van der Waals surface area contributed by atoms with Crippen molar-refractivity contribution in [1.29, 1.82) is 0 Å². The number of carbonyl (C=O) groups is 1. The van der Waals surface area contributed by atoms with Gasteiger partial charge in [-0.3, -0.25) is 4.79 Å². The van der Waals surface area contributed by atoms with Crippen molar-refractivity contribution in [2.75, 3.05) is 31.7 Å². The van der Waals surface area contributed by atoms with Gasteiger partial charge in [-0.25, -0.2) is 4.39 Å². The standard InChI is InChI=1S/C12H15FN2O2/c1-14-6-9-7-17-8-12(16)15(9)11-5-3-2-4-10(11)13/h2-5,9,14H,6-8H2,1H3. The predicted octanol–water partition coefficient (Wildman–Crippen LogP) is 0.777. The Balaban J connectivity index is 2.31. The summed E-state index contributed by atoms with van der Waals surface area (Å²) in [6.07, 6.45) is 0. The maximum absolute atomic E-state index is 13.7. The quantitative estimate of drug-likeness (QED) is 0.846. The van der Waals surface area contributed by atoms with Crippen molar-refractivity contribution in [2.45, 2.75) is 6.04 Å². The number of anilines is 1. The first-order valence-corrected chi connectivity index (χ1v) is 5.53. The summed E-state index contributed by atoms with van der Waals surface area (Å²) in [7, 11) is 1.79. The van der Waals surface area contributed by atoms with Gasteiger partial charge in [-0.15, -0.1) is 0 Å². The van der Waals surface area contributed by atoms with Gasteiger partial charge in [0.15, 0.2) is 0 Å². The lowest BCUT2D eigenvalue weighted by Crippen LogP contribution is -2.53. The second-order valence-corrected chi connectivity index (χ2v) is 3.94. The van der Waals surface area contributed by atoms with E-state index in [0.29, 0.717) is 18.8 Å². The molecule has 0 bridgehead atoms. The monoisotopic (exact) mass is 238 g/mol. The fourth-order valence-corrected chi connectivity index (χ4v) is 1.99. The van der Waals surface area contributed by atoms with Crippen molar-refractivity contribution in [3.8, 4) is 0 Å². The zero-order valence-corrected chi connectivity index (χ0v) is 9.65. The van der Waals surface area contributed by atoms with E-state index < -0.39 is 0 Å². The van der Waals surface area contributed by atoms with E-state index in [4.69, 9.17) is 4.74 Å². The molecule has 92 valence electrons. The zero-order chi connectivity index (χ0) is 12.3. The maximum atomic E-state index is 13.7. The number of amides is 1. The molecular weight excluding hydrogens is 223 g/mol. The summed E-state index contributed by atoms with van der Waals surface area (Å²) < 4.78 is 18.9. The van der Waals surface area contributed by atoms with Crippen molar-refractivity contribution in [2.24, 2.45) is 0 Å². The molecule has 0 radical (unpaired) electrons. The highest BCUT2D eigenvalue weighted by molar-refractivity contribution is 5.95. The minimum atomic E-state index is -0.385. The molecule has 0 aromatic heterocycles. The lowest BCUT2D eigenvalue weighted by atomic mass is 10.1. The SMILES string of the molecule is CNCC1COCC(=O)N1c1ccccc1F. The van der Waals surface area contributed by atoms with Crippen molar-refractivity contribution < 1.29 is 13.9 Å². The molecule has 0 spiro atoms. The van der Waals surface area contributed by atoms with E-state index in [9.17, 15) is 9.18 Å². The molecule has 1 aromatic carbocycles. The van der Waals surface area contributed by atoms with Crippen LogP contribution < -0.4 is 10.2 Å². The average molecular weight is 238 g/mol. The van der Waals surface area contributed by atoms with Crippen LogP contribution in [0.5, 0.6) is 0 Å². The van der Waals surface area contributed by atoms with Gasteiger partial charge < -0.3 is 15.0 Å². The Morgan fingerprint density at radius 1 is 1.53 bits per heavy atom. The summed E-state index contributed by atoms with van der Waals surface area (Å²) in [5, 5.41) is 2.98. The Hall–Kier alpha value is -1.46. The van der Waals surface area contributed by atoms with Gasteiger partial charge >= 0.3 is 0 Å². The number of para-hydroxylation sites is 1. The average Bonchev–Trinajstić information content (AvgIpc) is 2.31. The molecule has 2 rings (SSSR count). The molecule has 4 nitrogen and oxygen atoms in total. The van der Waals surface area contributed by atoms with Gasteiger partial charge in [0.25, 0.3) is 5.91 Å². The van der Waals surface area contributed by atoms with Crippen molar-refractivity contribution in [3.63, 3.8) is 0 Å². The first-order valence-electron chi connectivity index (χ1n) is 5.53. The summed E-state index contributed by atoms with van der Waals surface area (Å²) in [5.74, 6) is -0.592. The number of rotatable bonds is 3. The third kappa shape index (κ3) is 2.45. The molecule has 1 amide bonds. The largest absolute Gasteiger partial charge is 0.369 e. The second-order valence-electron chi connectivity index (χ2n) is 3.94. The van der Waals surface area contributed by atoms with E-state index in [1.54, 1.807) is 25.2 Å². The normalized spacial score (nSPS) is 20.7. The predicted molar refractivity (Wildman–Crippen MR) is 62.4 cm³/mol. The van der Waals surface area contributed by atoms with Crippen LogP contribution in [0.1, 0.15) is 0 Å². The minimum Gasteiger partial charge on any atom is -0.369 e. The molecular formula is C12H15FN2O2. The summed E-state index contributed by atoms with van der Waals surface area (Å²) in [4.78, 5) is 13.3. The lowest BCUT2D eigenvalue weighted by Gasteiger charge is -2.35. The molecule has 1 atom stereocenters. The molecule has 1 aliphatic heterocycles. The number of ether oxygens (including phenoxy) is 1. The lowest BCUT2D eigenvalue weighted by molar-refractivity contribution is -0.127. The number of nitrogens with one attached hydrogen (secondary N) is 1. The first kappa shape index (κ1) is 12.0. The minimum absolute atomic E-state index is 0.00848. The molecule has 17 heavy (non-hydrogen) atoms. The summed E-state index contributed by atoms with van der Waals surface area (Å²) >= 11 is 0. The zero-order valence-electron chi connectivity index (χ0n) is 9.65. The fraction of sp³-hybridized carbons (Fsp3) is 0.417. The van der Waals surface area contributed by atoms with E-state index >= 15 is 0 Å². The molecule has 1 fully saturated rings. The van der Waals surface area contributed by atoms with E-state index in [1.807, 2.05) is 0 Å². The number of halogens is 1. The molecule has 0 saturated carbocycles. The molecule has 1 unspecified atom stereocenters. The summed E-state index contributed by atoms with van der Waals surface area (Å²) in [5.41, 5.74) is 0.320. The Morgan fingerprint density at radius 3 is 3.00 bits per heavy atom. The van der Waals surface area contributed by atoms with Gasteiger partial charge in [-0.2, -0.15) is 0 Å². The highest BCUT2D eigenvalue weighted by Crippen LogP contribution is 2.23. The van der Waals surface area contributed by atoms with Gasteiger partial charge in [0.05, 0.1) is 18.3 Å². The van der Waals surface area contributed by atoms with Crippen molar-refractivity contribution >= 4 is 11.6 Å². The number of likely N-dealkylation sites (N-methyl/N-ethyl adjacent to an activating group) is 1. The van der Waals surface area contributed by atoms with Crippen LogP contribution in [0.3, 0.4) is 0 Å². The van der Waals surface area contributed by atoms with Gasteiger partial charge in [0.2, 0.25) is 0 Å². The van der Waals surface area contributed by atoms with Crippen LogP contribution in [-0.4, -0.2) is 38.8 Å². The third-order valence-electron chi connectivity index (χ3n) is 2.72. The number of hydrogen-bond donors (Lipinski definition) is 1. The van der Waals surface area contributed by atoms with Crippen LogP contribution in [0.4, 0.5) is 10.1 Å². The maximum Gasteiger partial charge on any atom is 0.253 e. The van der Waals surface area contributed by atoms with Gasteiger partial charge in [-0.1, -0.05) is 12.1 Å². The Bertz CT molecular complexity index is 409. The van der Waals surface area contributed by atoms with E-state index in [2.05, 4.69) is 5.32 Å². The number of benzene rings is 1. The van der Waals surface area contributed by atoms with Crippen LogP contribution in [0.2, 0.25) is 0 Å². The fourth-order valence-electron chi connectivity index (χ4n) is 1.99. The number of morpholine rings is 1. The molecule has 1 aromatic rings. The van der Waals surface area contributed by atoms with E-state index in [1.165, 1.54) is 11.0 Å². The van der Waals surface area contributed by atoms with Crippen molar-refractivity contribution in [3.05, 3.63) is 30.1 Å². The second kappa shape index (κ2) is 5.25. The Kier molecular flexibility index (Phi) is 3.71. The van der Waals surface area contributed by atoms with Crippen LogP contribution in [0, 0.1) is 5.82 Å². The third-order valence-corrected chi connectivity index (χ3v) is 2.72. The first-order chi connectivity index (χ1) is 8.24. The van der Waals surface area contributed by atoms with Gasteiger partial charge in [-0.05, 0) is 19.2 Å². The van der Waals surface area contributed by atoms with Crippen LogP contribution in [-0.2, 0) is 9.53 Å². The number of nitrogens with zero attached hydrogens (tertiary/aromatic N) is 1. The van der Waals surface area contributed by atoms with E-state index in [-0.39, 0.29) is 24.4 Å². The van der Waals surface area contributed by atoms with E-state index in [0.717, 1.165) is 0 Å². The van der Waals surface area contributed by atoms with Crippen LogP contribution >= 0.6 is 0 Å². The van der Waals surface area contributed by atoms with Crippen molar-refractivity contribution in [1.82, 2.24) is 5.32 Å². The molecule has 1 heterocycles. The smallest absolute Gasteiger partial charge is 0.253 e. The van der Waals surface area contributed by atoms with Crippen LogP contribution in [0.25, 0.3) is 0 Å². The molecule has 0 aliphatic carbocycles. The van der Waals surface area contributed by atoms with Gasteiger partial charge in [0, 0.05) is 6.54 Å². The Labute approximate surface area is 99.4 Å². The molecule has 1 aliphatic rings. The number of hydrogen-bond acceptors (Lipinski definition) is 3. The molecule has 1 saturated heterocycles. The molecule has 1 N–H and O–H groups in total. The highest BCUT2D eigenvalue weighted by Gasteiger charge is 2.30. The Morgan fingerprint density at radius 2 is 2.29 bits per heavy atom. The molecule has 5 heteroatoms. The number of carbonyl (C=O) groups excluding carboxylic acids is 1. The summed E-state index contributed by atoms with van der Waals surface area (Å²) in [6, 6.07) is 6.13. The topological polar surface area (TPSA) is 41.6 Å². The van der Waals surface area contributed by atoms with Gasteiger partial charge in [0.1, 0.15) is 12.4 Å². The van der Waals surface area contributed by atoms with Crippen LogP contribution in [0.15, 0.2) is 24.3 Å². The summed E-state index contributed by atoms with van der Waals surface area (Å²) in [6.45, 7) is 0.996. The highest BCUT2D eigenvalue weighted by atomic mass is 19.1.